The summed E-state index contributed by atoms with van der Waals surface area (Å²) in [7, 11) is 0. The van der Waals surface area contributed by atoms with Gasteiger partial charge in [-0.15, -0.1) is 0 Å². The lowest BCUT2D eigenvalue weighted by Gasteiger charge is -2.07. The molecule has 0 unspecified atom stereocenters. The van der Waals surface area contributed by atoms with Crippen molar-refractivity contribution in [2.75, 3.05) is 13.2 Å². The highest BCUT2D eigenvalue weighted by Crippen LogP contribution is 2.16. The minimum Gasteiger partial charge on any atom is -0.482 e. The molecule has 4 nitrogen and oxygen atoms in total. The van der Waals surface area contributed by atoms with Crippen LogP contribution in [0.1, 0.15) is 28.4 Å². The van der Waals surface area contributed by atoms with Gasteiger partial charge in [0.25, 0.3) is 0 Å². The monoisotopic (exact) mass is 298 g/mol. The number of carbonyl (C=O) groups is 2. The number of rotatable bonds is 6. The van der Waals surface area contributed by atoms with E-state index >= 15 is 0 Å². The lowest BCUT2D eigenvalue weighted by molar-refractivity contribution is -0.145. The zero-order valence-electron chi connectivity index (χ0n) is 12.7. The lowest BCUT2D eigenvalue weighted by atomic mass is 10.0. The van der Waals surface area contributed by atoms with Gasteiger partial charge in [-0.3, -0.25) is 4.79 Å². The summed E-state index contributed by atoms with van der Waals surface area (Å²) in [6.45, 7) is 3.87. The van der Waals surface area contributed by atoms with Gasteiger partial charge in [0.1, 0.15) is 5.75 Å². The van der Waals surface area contributed by atoms with E-state index in [-0.39, 0.29) is 12.4 Å². The molecular formula is C18H18O4. The molecule has 4 heteroatoms. The van der Waals surface area contributed by atoms with Gasteiger partial charge in [-0.25, -0.2) is 4.79 Å². The molecule has 0 N–H and O–H groups in total. The summed E-state index contributed by atoms with van der Waals surface area (Å²) in [6, 6.07) is 14.2. The van der Waals surface area contributed by atoms with Crippen LogP contribution < -0.4 is 4.74 Å². The molecular weight excluding hydrogens is 280 g/mol. The average molecular weight is 298 g/mol. The highest BCUT2D eigenvalue weighted by atomic mass is 16.6. The van der Waals surface area contributed by atoms with Crippen molar-refractivity contribution < 1.29 is 19.1 Å². The summed E-state index contributed by atoms with van der Waals surface area (Å²) < 4.78 is 10.1. The van der Waals surface area contributed by atoms with E-state index in [1.165, 1.54) is 0 Å². The van der Waals surface area contributed by atoms with Gasteiger partial charge in [0.05, 0.1) is 6.61 Å². The molecule has 0 saturated carbocycles. The molecule has 0 heterocycles. The van der Waals surface area contributed by atoms with Crippen LogP contribution in [0.5, 0.6) is 5.75 Å². The third-order valence-corrected chi connectivity index (χ3v) is 3.06. The van der Waals surface area contributed by atoms with E-state index in [2.05, 4.69) is 0 Å². The van der Waals surface area contributed by atoms with E-state index in [9.17, 15) is 9.59 Å². The van der Waals surface area contributed by atoms with Gasteiger partial charge in [0.15, 0.2) is 12.4 Å². The molecule has 0 aliphatic carbocycles. The van der Waals surface area contributed by atoms with Crippen molar-refractivity contribution in [1.29, 1.82) is 0 Å². The van der Waals surface area contributed by atoms with Gasteiger partial charge in [-0.2, -0.15) is 0 Å². The van der Waals surface area contributed by atoms with Crippen molar-refractivity contribution in [2.24, 2.45) is 0 Å². The van der Waals surface area contributed by atoms with Gasteiger partial charge in [-0.1, -0.05) is 23.8 Å². The Kier molecular flexibility index (Phi) is 5.31. The van der Waals surface area contributed by atoms with Crippen LogP contribution in [0, 0.1) is 6.92 Å². The van der Waals surface area contributed by atoms with Gasteiger partial charge in [0.2, 0.25) is 0 Å². The van der Waals surface area contributed by atoms with Crippen LogP contribution in [0.25, 0.3) is 0 Å². The molecule has 0 fully saturated rings. The zero-order valence-corrected chi connectivity index (χ0v) is 12.7. The summed E-state index contributed by atoms with van der Waals surface area (Å²) in [6.07, 6.45) is 0. The number of ketones is 1. The molecule has 0 saturated heterocycles. The van der Waals surface area contributed by atoms with Gasteiger partial charge in [-0.05, 0) is 44.2 Å². The van der Waals surface area contributed by atoms with Crippen LogP contribution >= 0.6 is 0 Å². The van der Waals surface area contributed by atoms with Crippen molar-refractivity contribution in [3.63, 3.8) is 0 Å². The number of hydrogen-bond acceptors (Lipinski definition) is 4. The number of aryl methyl sites for hydroxylation is 1. The van der Waals surface area contributed by atoms with Gasteiger partial charge < -0.3 is 9.47 Å². The molecule has 0 aliphatic heterocycles. The number of carbonyl (C=O) groups excluding carboxylic acids is 2. The van der Waals surface area contributed by atoms with Crippen LogP contribution in [-0.4, -0.2) is 25.0 Å². The van der Waals surface area contributed by atoms with Crippen molar-refractivity contribution >= 4 is 11.8 Å². The first kappa shape index (κ1) is 15.8. The maximum Gasteiger partial charge on any atom is 0.344 e. The normalized spacial score (nSPS) is 10.1. The average Bonchev–Trinajstić information content (AvgIpc) is 2.53. The van der Waals surface area contributed by atoms with Gasteiger partial charge in [0, 0.05) is 11.1 Å². The Hall–Kier alpha value is -2.62. The molecule has 0 aliphatic rings. The first-order valence-electron chi connectivity index (χ1n) is 7.10. The van der Waals surface area contributed by atoms with E-state index in [0.29, 0.717) is 23.5 Å². The number of benzene rings is 2. The molecule has 2 rings (SSSR count). The van der Waals surface area contributed by atoms with E-state index < -0.39 is 5.97 Å². The highest BCUT2D eigenvalue weighted by molar-refractivity contribution is 6.09. The molecule has 2 aromatic carbocycles. The summed E-state index contributed by atoms with van der Waals surface area (Å²) in [4.78, 5) is 23.6. The Balaban J connectivity index is 2.02. The first-order chi connectivity index (χ1) is 10.6. The van der Waals surface area contributed by atoms with Crippen LogP contribution in [0.3, 0.4) is 0 Å². The molecule has 114 valence electrons. The Morgan fingerprint density at radius 1 is 1.00 bits per heavy atom. The standard InChI is InChI=1S/C18H18O4/c1-3-21-17(19)12-22-16-9-7-14(8-10-16)18(20)15-6-4-5-13(2)11-15/h4-11H,3,12H2,1-2H3. The Morgan fingerprint density at radius 3 is 2.36 bits per heavy atom. The molecule has 0 aromatic heterocycles. The van der Waals surface area contributed by atoms with Crippen LogP contribution in [0.15, 0.2) is 48.5 Å². The van der Waals surface area contributed by atoms with Gasteiger partial charge >= 0.3 is 5.97 Å². The third-order valence-electron chi connectivity index (χ3n) is 3.06. The smallest absolute Gasteiger partial charge is 0.344 e. The van der Waals surface area contributed by atoms with Crippen LogP contribution in [0.2, 0.25) is 0 Å². The zero-order chi connectivity index (χ0) is 15.9. The second-order valence-electron chi connectivity index (χ2n) is 4.82. The predicted octanol–water partition coefficient (Wildman–Crippen LogP) is 3.17. The molecule has 0 amide bonds. The Bertz CT molecular complexity index is 659. The maximum absolute atomic E-state index is 12.3. The fourth-order valence-corrected chi connectivity index (χ4v) is 2.00. The van der Waals surface area contributed by atoms with E-state index in [0.717, 1.165) is 5.56 Å². The maximum atomic E-state index is 12.3. The van der Waals surface area contributed by atoms with Crippen LogP contribution in [0.4, 0.5) is 0 Å². The predicted molar refractivity (Wildman–Crippen MR) is 83.2 cm³/mol. The largest absolute Gasteiger partial charge is 0.482 e. The Morgan fingerprint density at radius 2 is 1.73 bits per heavy atom. The number of hydrogen-bond donors (Lipinski definition) is 0. The van der Waals surface area contributed by atoms with E-state index in [4.69, 9.17) is 9.47 Å². The molecule has 22 heavy (non-hydrogen) atoms. The second kappa shape index (κ2) is 7.41. The molecule has 0 atom stereocenters. The van der Waals surface area contributed by atoms with Crippen molar-refractivity contribution in [2.45, 2.75) is 13.8 Å². The summed E-state index contributed by atoms with van der Waals surface area (Å²) >= 11 is 0. The SMILES string of the molecule is CCOC(=O)COc1ccc(C(=O)c2cccc(C)c2)cc1. The molecule has 0 bridgehead atoms. The third kappa shape index (κ3) is 4.19. The Labute approximate surface area is 129 Å². The van der Waals surface area contributed by atoms with E-state index in [1.807, 2.05) is 25.1 Å². The first-order valence-corrected chi connectivity index (χ1v) is 7.10. The lowest BCUT2D eigenvalue weighted by Crippen LogP contribution is -2.14. The second-order valence-corrected chi connectivity index (χ2v) is 4.82. The molecule has 0 spiro atoms. The summed E-state index contributed by atoms with van der Waals surface area (Å²) in [5.41, 5.74) is 2.27. The van der Waals surface area contributed by atoms with Crippen molar-refractivity contribution in [3.8, 4) is 5.75 Å². The minimum absolute atomic E-state index is 0.0411. The van der Waals surface area contributed by atoms with E-state index in [1.54, 1.807) is 37.3 Å². The molecule has 2 aromatic rings. The summed E-state index contributed by atoms with van der Waals surface area (Å²) in [5, 5.41) is 0. The fourth-order valence-electron chi connectivity index (χ4n) is 2.00. The highest BCUT2D eigenvalue weighted by Gasteiger charge is 2.09. The van der Waals surface area contributed by atoms with Crippen molar-refractivity contribution in [3.05, 3.63) is 65.2 Å². The molecule has 0 radical (unpaired) electrons. The number of esters is 1. The quantitative estimate of drug-likeness (QED) is 0.607. The van der Waals surface area contributed by atoms with Crippen molar-refractivity contribution in [1.82, 2.24) is 0 Å². The topological polar surface area (TPSA) is 52.6 Å². The van der Waals surface area contributed by atoms with Crippen LogP contribution in [-0.2, 0) is 9.53 Å². The minimum atomic E-state index is -0.414. The summed E-state index contributed by atoms with van der Waals surface area (Å²) in [5.74, 6) is 0.0666. The fraction of sp³-hybridized carbons (Fsp3) is 0.222. The number of ether oxygens (including phenoxy) is 2.